The summed E-state index contributed by atoms with van der Waals surface area (Å²) in [5.41, 5.74) is 2.54. The highest BCUT2D eigenvalue weighted by Gasteiger charge is 2.13. The topological polar surface area (TPSA) is 9.23 Å². The van der Waals surface area contributed by atoms with Gasteiger partial charge in [0.2, 0.25) is 0 Å². The zero-order valence-corrected chi connectivity index (χ0v) is 15.5. The molecular weight excluding hydrogens is 392 g/mol. The van der Waals surface area contributed by atoms with Crippen molar-refractivity contribution >= 4 is 31.9 Å². The summed E-state index contributed by atoms with van der Waals surface area (Å²) in [6.07, 6.45) is 0. The molecule has 0 aliphatic carbocycles. The van der Waals surface area contributed by atoms with Crippen LogP contribution in [0, 0.1) is 0 Å². The number of halogens is 2. The molecule has 0 bridgehead atoms. The minimum absolute atomic E-state index is 0.356. The van der Waals surface area contributed by atoms with Gasteiger partial charge in [0.05, 0.1) is 6.61 Å². The molecule has 0 amide bonds. The average Bonchev–Trinajstić information content (AvgIpc) is 2.50. The normalized spacial score (nSPS) is 12.4. The molecule has 1 unspecified atom stereocenters. The number of hydrogen-bond donors (Lipinski definition) is 0. The summed E-state index contributed by atoms with van der Waals surface area (Å²) in [6.45, 7) is 5.05. The van der Waals surface area contributed by atoms with Gasteiger partial charge in [0.1, 0.15) is 5.75 Å². The van der Waals surface area contributed by atoms with E-state index in [0.717, 1.165) is 15.6 Å². The van der Waals surface area contributed by atoms with Crippen molar-refractivity contribution in [3.05, 3.63) is 64.1 Å². The van der Waals surface area contributed by atoms with E-state index in [1.54, 1.807) is 0 Å². The Morgan fingerprint density at radius 1 is 1.05 bits per heavy atom. The molecule has 0 spiro atoms. The van der Waals surface area contributed by atoms with Gasteiger partial charge < -0.3 is 4.74 Å². The lowest BCUT2D eigenvalue weighted by Gasteiger charge is -2.19. The summed E-state index contributed by atoms with van der Waals surface area (Å²) < 4.78 is 7.21. The van der Waals surface area contributed by atoms with E-state index >= 15 is 0 Å². The minimum atomic E-state index is 0.356. The van der Waals surface area contributed by atoms with Crippen molar-refractivity contribution in [3.63, 3.8) is 0 Å². The second-order valence-electron chi connectivity index (χ2n) is 5.41. The molecule has 0 aromatic heterocycles. The Morgan fingerprint density at radius 2 is 1.76 bits per heavy atom. The fourth-order valence-electron chi connectivity index (χ4n) is 2.25. The summed E-state index contributed by atoms with van der Waals surface area (Å²) in [4.78, 5) is 0. The molecule has 1 nitrogen and oxygen atoms in total. The van der Waals surface area contributed by atoms with Crippen molar-refractivity contribution in [1.29, 1.82) is 0 Å². The molecule has 0 fully saturated rings. The van der Waals surface area contributed by atoms with Gasteiger partial charge in [-0.2, -0.15) is 0 Å². The lowest BCUT2D eigenvalue weighted by molar-refractivity contribution is 0.294. The second kappa shape index (κ2) is 8.00. The Labute approximate surface area is 144 Å². The quantitative estimate of drug-likeness (QED) is 0.519. The smallest absolute Gasteiger partial charge is 0.122 e. The number of rotatable bonds is 6. The van der Waals surface area contributed by atoms with Crippen LogP contribution in [-0.4, -0.2) is 11.9 Å². The molecule has 0 N–H and O–H groups in total. The maximum Gasteiger partial charge on any atom is 0.122 e. The fraction of sp³-hybridized carbons (Fsp3) is 0.333. The first-order chi connectivity index (χ1) is 10.1. The van der Waals surface area contributed by atoms with E-state index in [1.807, 2.05) is 12.1 Å². The summed E-state index contributed by atoms with van der Waals surface area (Å²) in [5.74, 6) is 1.78. The van der Waals surface area contributed by atoms with E-state index < -0.39 is 0 Å². The van der Waals surface area contributed by atoms with Crippen molar-refractivity contribution in [2.75, 3.05) is 11.9 Å². The van der Waals surface area contributed by atoms with Crippen LogP contribution < -0.4 is 4.74 Å². The SMILES string of the molecule is CC(C)c1cc(Br)ccc1OCC(CBr)c1ccccc1. The molecule has 112 valence electrons. The van der Waals surface area contributed by atoms with E-state index in [0.29, 0.717) is 18.4 Å². The molecule has 2 rings (SSSR count). The van der Waals surface area contributed by atoms with Crippen LogP contribution >= 0.6 is 31.9 Å². The van der Waals surface area contributed by atoms with Crippen LogP contribution in [-0.2, 0) is 0 Å². The van der Waals surface area contributed by atoms with Crippen LogP contribution in [0.4, 0.5) is 0 Å². The zero-order chi connectivity index (χ0) is 15.2. The van der Waals surface area contributed by atoms with Gasteiger partial charge in [0.15, 0.2) is 0 Å². The van der Waals surface area contributed by atoms with Gasteiger partial charge in [-0.25, -0.2) is 0 Å². The molecule has 0 saturated heterocycles. The summed E-state index contributed by atoms with van der Waals surface area (Å²) >= 11 is 7.13. The number of benzene rings is 2. The molecule has 2 aromatic rings. The van der Waals surface area contributed by atoms with Crippen LogP contribution in [0.2, 0.25) is 0 Å². The Hall–Kier alpha value is -0.800. The fourth-order valence-corrected chi connectivity index (χ4v) is 3.19. The standard InChI is InChI=1S/C18H20Br2O/c1-13(2)17-10-16(20)8-9-18(17)21-12-15(11-19)14-6-4-3-5-7-14/h3-10,13,15H,11-12H2,1-2H3. The van der Waals surface area contributed by atoms with Gasteiger partial charge >= 0.3 is 0 Å². The molecular formula is C18H20Br2O. The molecule has 3 heteroatoms. The van der Waals surface area contributed by atoms with Crippen molar-refractivity contribution in [2.24, 2.45) is 0 Å². The number of alkyl halides is 1. The van der Waals surface area contributed by atoms with E-state index in [9.17, 15) is 0 Å². The van der Waals surface area contributed by atoms with Gasteiger partial charge in [-0.15, -0.1) is 0 Å². The Kier molecular flexibility index (Phi) is 6.31. The van der Waals surface area contributed by atoms with Crippen molar-refractivity contribution in [1.82, 2.24) is 0 Å². The number of ether oxygens (including phenoxy) is 1. The third-order valence-electron chi connectivity index (χ3n) is 3.49. The largest absolute Gasteiger partial charge is 0.493 e. The molecule has 0 heterocycles. The van der Waals surface area contributed by atoms with Crippen LogP contribution in [0.1, 0.15) is 36.8 Å². The molecule has 0 aliphatic rings. The molecule has 0 aliphatic heterocycles. The van der Waals surface area contributed by atoms with Crippen molar-refractivity contribution in [2.45, 2.75) is 25.7 Å². The first-order valence-corrected chi connectivity index (χ1v) is 9.06. The molecule has 2 aromatic carbocycles. The third kappa shape index (κ3) is 4.58. The zero-order valence-electron chi connectivity index (χ0n) is 12.4. The van der Waals surface area contributed by atoms with Gasteiger partial charge in [0.25, 0.3) is 0 Å². The lowest BCUT2D eigenvalue weighted by atomic mass is 10.0. The predicted molar refractivity (Wildman–Crippen MR) is 96.7 cm³/mol. The van der Waals surface area contributed by atoms with Gasteiger partial charge in [-0.1, -0.05) is 76.0 Å². The number of hydrogen-bond acceptors (Lipinski definition) is 1. The molecule has 1 atom stereocenters. The summed E-state index contributed by atoms with van der Waals surface area (Å²) in [7, 11) is 0. The van der Waals surface area contributed by atoms with E-state index in [4.69, 9.17) is 4.74 Å². The first kappa shape index (κ1) is 16.6. The van der Waals surface area contributed by atoms with Crippen molar-refractivity contribution < 1.29 is 4.74 Å². The summed E-state index contributed by atoms with van der Waals surface area (Å²) in [6, 6.07) is 16.7. The van der Waals surface area contributed by atoms with E-state index in [1.165, 1.54) is 11.1 Å². The monoisotopic (exact) mass is 410 g/mol. The maximum absolute atomic E-state index is 6.11. The van der Waals surface area contributed by atoms with Gasteiger partial charge in [0, 0.05) is 15.7 Å². The predicted octanol–water partition coefficient (Wildman–Crippen LogP) is 6.13. The highest BCUT2D eigenvalue weighted by atomic mass is 79.9. The average molecular weight is 412 g/mol. The maximum atomic E-state index is 6.11. The van der Waals surface area contributed by atoms with Crippen molar-refractivity contribution in [3.8, 4) is 5.75 Å². The van der Waals surface area contributed by atoms with Crippen LogP contribution in [0.25, 0.3) is 0 Å². The van der Waals surface area contributed by atoms with Gasteiger partial charge in [-0.3, -0.25) is 0 Å². The second-order valence-corrected chi connectivity index (χ2v) is 6.97. The Balaban J connectivity index is 2.12. The van der Waals surface area contributed by atoms with Gasteiger partial charge in [-0.05, 0) is 35.2 Å². The summed E-state index contributed by atoms with van der Waals surface area (Å²) in [5, 5.41) is 0.893. The third-order valence-corrected chi connectivity index (χ3v) is 4.77. The Morgan fingerprint density at radius 3 is 2.38 bits per heavy atom. The molecule has 0 radical (unpaired) electrons. The highest BCUT2D eigenvalue weighted by Crippen LogP contribution is 2.30. The highest BCUT2D eigenvalue weighted by molar-refractivity contribution is 9.10. The molecule has 21 heavy (non-hydrogen) atoms. The van der Waals surface area contributed by atoms with Crippen LogP contribution in [0.5, 0.6) is 5.75 Å². The first-order valence-electron chi connectivity index (χ1n) is 7.15. The minimum Gasteiger partial charge on any atom is -0.493 e. The van der Waals surface area contributed by atoms with E-state index in [-0.39, 0.29) is 0 Å². The van der Waals surface area contributed by atoms with E-state index in [2.05, 4.69) is 82.1 Å². The Bertz CT molecular complexity index is 567. The lowest BCUT2D eigenvalue weighted by Crippen LogP contribution is -2.12. The van der Waals surface area contributed by atoms with Crippen LogP contribution in [0.3, 0.4) is 0 Å². The molecule has 0 saturated carbocycles. The van der Waals surface area contributed by atoms with Crippen LogP contribution in [0.15, 0.2) is 53.0 Å².